The quantitative estimate of drug-likeness (QED) is 0.919. The van der Waals surface area contributed by atoms with Crippen molar-refractivity contribution in [1.82, 2.24) is 9.88 Å². The fraction of sp³-hybridized carbons (Fsp3) is 0.250. The largest absolute Gasteiger partial charge is 0.496 e. The Hall–Kier alpha value is -2.27. The first kappa shape index (κ1) is 16.1. The highest BCUT2D eigenvalue weighted by Crippen LogP contribution is 2.10. The summed E-state index contributed by atoms with van der Waals surface area (Å²) in [5, 5.41) is 3.36. The third-order valence-electron chi connectivity index (χ3n) is 3.27. The number of rotatable bonds is 5. The number of aromatic nitrogens is 1. The molecule has 0 aliphatic carbocycles. The van der Waals surface area contributed by atoms with Crippen LogP contribution in [0.3, 0.4) is 0 Å². The van der Waals surface area contributed by atoms with E-state index in [9.17, 15) is 9.59 Å². The molecule has 1 aromatic carbocycles. The number of pyridine rings is 1. The zero-order valence-electron chi connectivity index (χ0n) is 12.4. The molecule has 0 atom stereocenters. The molecule has 0 saturated carbocycles. The monoisotopic (exact) mass is 320 g/mol. The van der Waals surface area contributed by atoms with Crippen LogP contribution in [-0.4, -0.2) is 24.1 Å². The Morgan fingerprint density at radius 2 is 1.95 bits per heavy atom. The Labute approximate surface area is 133 Å². The third-order valence-corrected chi connectivity index (χ3v) is 3.52. The molecule has 2 aromatic rings. The van der Waals surface area contributed by atoms with Crippen molar-refractivity contribution < 1.29 is 9.53 Å². The Morgan fingerprint density at radius 1 is 1.27 bits per heavy atom. The van der Waals surface area contributed by atoms with Crippen molar-refractivity contribution in [3.8, 4) is 5.75 Å². The number of carbonyl (C=O) groups excluding carboxylic acids is 1. The predicted molar refractivity (Wildman–Crippen MR) is 85.8 cm³/mol. The molecule has 0 bridgehead atoms. The second-order valence-corrected chi connectivity index (χ2v) is 5.23. The molecule has 5 nitrogen and oxygen atoms in total. The van der Waals surface area contributed by atoms with Crippen LogP contribution in [0.15, 0.2) is 41.2 Å². The van der Waals surface area contributed by atoms with Crippen LogP contribution in [0.2, 0.25) is 5.02 Å². The fourth-order valence-electron chi connectivity index (χ4n) is 2.09. The van der Waals surface area contributed by atoms with Gasteiger partial charge in [-0.3, -0.25) is 9.59 Å². The number of hydrogen-bond donors (Lipinski definition) is 1. The molecule has 2 rings (SSSR count). The number of benzene rings is 1. The average Bonchev–Trinajstić information content (AvgIpc) is 2.50. The number of carbonyl (C=O) groups is 1. The Balaban J connectivity index is 1.98. The number of amides is 1. The third kappa shape index (κ3) is 3.89. The van der Waals surface area contributed by atoms with Gasteiger partial charge in [0.1, 0.15) is 5.75 Å². The average molecular weight is 321 g/mol. The molecule has 0 radical (unpaired) electrons. The maximum atomic E-state index is 12.0. The number of aryl methyl sites for hydroxylation is 1. The van der Waals surface area contributed by atoms with Crippen molar-refractivity contribution in [2.75, 3.05) is 13.7 Å². The molecule has 0 aliphatic rings. The van der Waals surface area contributed by atoms with E-state index in [1.807, 2.05) is 6.92 Å². The van der Waals surface area contributed by atoms with Crippen molar-refractivity contribution in [3.63, 3.8) is 0 Å². The highest BCUT2D eigenvalue weighted by Gasteiger charge is 2.07. The summed E-state index contributed by atoms with van der Waals surface area (Å²) in [7, 11) is 1.52. The van der Waals surface area contributed by atoms with Crippen LogP contribution in [0, 0.1) is 6.92 Å². The highest BCUT2D eigenvalue weighted by atomic mass is 35.5. The normalized spacial score (nSPS) is 10.3. The van der Waals surface area contributed by atoms with Crippen LogP contribution in [-0.2, 0) is 6.54 Å². The summed E-state index contributed by atoms with van der Waals surface area (Å²) in [6.45, 7) is 2.58. The van der Waals surface area contributed by atoms with Crippen LogP contribution < -0.4 is 15.6 Å². The maximum absolute atomic E-state index is 12.0. The lowest BCUT2D eigenvalue weighted by Crippen LogP contribution is -2.31. The van der Waals surface area contributed by atoms with Crippen molar-refractivity contribution >= 4 is 17.5 Å². The lowest BCUT2D eigenvalue weighted by molar-refractivity contribution is 0.0952. The van der Waals surface area contributed by atoms with Gasteiger partial charge in [-0.2, -0.15) is 0 Å². The molecule has 1 heterocycles. The molecule has 116 valence electrons. The van der Waals surface area contributed by atoms with E-state index in [1.165, 1.54) is 13.2 Å². The number of ether oxygens (including phenoxy) is 1. The molecule has 1 N–H and O–H groups in total. The Bertz CT molecular complexity index is 723. The summed E-state index contributed by atoms with van der Waals surface area (Å²) in [5.41, 5.74) is 1.16. The van der Waals surface area contributed by atoms with Crippen LogP contribution in [0.25, 0.3) is 0 Å². The lowest BCUT2D eigenvalue weighted by atomic mass is 10.2. The minimum atomic E-state index is -0.198. The van der Waals surface area contributed by atoms with Crippen LogP contribution in [0.5, 0.6) is 5.75 Å². The van der Waals surface area contributed by atoms with E-state index in [1.54, 1.807) is 34.9 Å². The number of methoxy groups -OCH3 is 1. The molecule has 0 fully saturated rings. The second-order valence-electron chi connectivity index (χ2n) is 4.79. The minimum absolute atomic E-state index is 0.155. The summed E-state index contributed by atoms with van der Waals surface area (Å²) >= 11 is 5.78. The molecule has 0 saturated heterocycles. The number of hydrogen-bond acceptors (Lipinski definition) is 3. The van der Waals surface area contributed by atoms with Crippen LogP contribution in [0.4, 0.5) is 0 Å². The summed E-state index contributed by atoms with van der Waals surface area (Å²) in [6, 6.07) is 9.84. The summed E-state index contributed by atoms with van der Waals surface area (Å²) in [5.74, 6) is 0.333. The van der Waals surface area contributed by atoms with Gasteiger partial charge < -0.3 is 14.6 Å². The molecule has 0 aliphatic heterocycles. The minimum Gasteiger partial charge on any atom is -0.496 e. The van der Waals surface area contributed by atoms with Gasteiger partial charge in [-0.1, -0.05) is 11.6 Å². The topological polar surface area (TPSA) is 60.3 Å². The first-order chi connectivity index (χ1) is 10.5. The molecule has 1 aromatic heterocycles. The van der Waals surface area contributed by atoms with Gasteiger partial charge in [-0.15, -0.1) is 0 Å². The van der Waals surface area contributed by atoms with Gasteiger partial charge in [-0.25, -0.2) is 0 Å². The summed E-state index contributed by atoms with van der Waals surface area (Å²) in [4.78, 5) is 23.9. The van der Waals surface area contributed by atoms with Gasteiger partial charge in [-0.05, 0) is 37.3 Å². The van der Waals surface area contributed by atoms with E-state index in [-0.39, 0.29) is 11.5 Å². The zero-order chi connectivity index (χ0) is 16.1. The van der Waals surface area contributed by atoms with Gasteiger partial charge >= 0.3 is 0 Å². The van der Waals surface area contributed by atoms with Crippen LogP contribution in [0.1, 0.15) is 16.1 Å². The van der Waals surface area contributed by atoms with E-state index in [0.717, 1.165) is 5.69 Å². The molecule has 22 heavy (non-hydrogen) atoms. The second kappa shape index (κ2) is 7.13. The fourth-order valence-corrected chi connectivity index (χ4v) is 2.21. The number of nitrogens with one attached hydrogen (secondary N) is 1. The molecular weight excluding hydrogens is 304 g/mol. The number of nitrogens with zero attached hydrogens (tertiary/aromatic N) is 1. The van der Waals surface area contributed by atoms with E-state index in [4.69, 9.17) is 16.3 Å². The lowest BCUT2D eigenvalue weighted by Gasteiger charge is -2.12. The van der Waals surface area contributed by atoms with E-state index in [2.05, 4.69) is 5.32 Å². The SMILES string of the molecule is COc1cc(C)n(CCNC(=O)c2ccc(Cl)cc2)c(=O)c1. The highest BCUT2D eigenvalue weighted by molar-refractivity contribution is 6.30. The van der Waals surface area contributed by atoms with Gasteiger partial charge in [0.25, 0.3) is 11.5 Å². The van der Waals surface area contributed by atoms with Gasteiger partial charge in [0, 0.05) is 35.4 Å². The predicted octanol–water partition coefficient (Wildman–Crippen LogP) is 2.25. The van der Waals surface area contributed by atoms with Crippen molar-refractivity contribution in [2.45, 2.75) is 13.5 Å². The van der Waals surface area contributed by atoms with Crippen molar-refractivity contribution in [1.29, 1.82) is 0 Å². The standard InChI is InChI=1S/C16H17ClN2O3/c1-11-9-14(22-2)10-15(20)19(11)8-7-18-16(21)12-3-5-13(17)6-4-12/h3-6,9-10H,7-8H2,1-2H3,(H,18,21). The van der Waals surface area contributed by atoms with Crippen LogP contribution >= 0.6 is 11.6 Å². The molecule has 6 heteroatoms. The van der Waals surface area contributed by atoms with E-state index in [0.29, 0.717) is 29.4 Å². The molecule has 0 unspecified atom stereocenters. The first-order valence-corrected chi connectivity index (χ1v) is 7.18. The van der Waals surface area contributed by atoms with Gasteiger partial charge in [0.05, 0.1) is 7.11 Å². The molecule has 0 spiro atoms. The summed E-state index contributed by atoms with van der Waals surface area (Å²) < 4.78 is 6.64. The summed E-state index contributed by atoms with van der Waals surface area (Å²) in [6.07, 6.45) is 0. The zero-order valence-corrected chi connectivity index (χ0v) is 13.2. The Kier molecular flexibility index (Phi) is 5.22. The van der Waals surface area contributed by atoms with Gasteiger partial charge in [0.15, 0.2) is 0 Å². The molecule has 1 amide bonds. The maximum Gasteiger partial charge on any atom is 0.254 e. The van der Waals surface area contributed by atoms with E-state index < -0.39 is 0 Å². The van der Waals surface area contributed by atoms with Crippen molar-refractivity contribution in [2.24, 2.45) is 0 Å². The number of halogens is 1. The first-order valence-electron chi connectivity index (χ1n) is 6.80. The smallest absolute Gasteiger partial charge is 0.254 e. The molecular formula is C16H17ClN2O3. The van der Waals surface area contributed by atoms with Crippen molar-refractivity contribution in [3.05, 3.63) is 63.0 Å². The Morgan fingerprint density at radius 3 is 2.55 bits per heavy atom. The van der Waals surface area contributed by atoms with Gasteiger partial charge in [0.2, 0.25) is 0 Å². The van der Waals surface area contributed by atoms with E-state index >= 15 is 0 Å².